The number of anilines is 1. The van der Waals surface area contributed by atoms with Gasteiger partial charge in [-0.1, -0.05) is 17.7 Å². The van der Waals surface area contributed by atoms with Crippen molar-refractivity contribution < 1.29 is 13.5 Å². The van der Waals surface area contributed by atoms with Gasteiger partial charge in [-0.15, -0.1) is 16.4 Å². The highest BCUT2D eigenvalue weighted by molar-refractivity contribution is 7.09. The largest absolute Gasteiger partial charge is 0.363 e. The predicted molar refractivity (Wildman–Crippen MR) is 94.9 cm³/mol. The Morgan fingerprint density at radius 2 is 2.20 bits per heavy atom. The van der Waals surface area contributed by atoms with Crippen LogP contribution in [0.1, 0.15) is 16.9 Å². The topological polar surface area (TPSA) is 51.5 Å². The molecule has 25 heavy (non-hydrogen) atoms. The summed E-state index contributed by atoms with van der Waals surface area (Å²) >= 11 is 14.0. The number of alkyl halides is 2. The van der Waals surface area contributed by atoms with Gasteiger partial charge in [-0.2, -0.15) is 13.8 Å². The first-order valence-electron chi connectivity index (χ1n) is 7.44. The van der Waals surface area contributed by atoms with Crippen LogP contribution in [0.5, 0.6) is 0 Å². The number of thiophene rings is 1. The second-order valence-corrected chi connectivity index (χ2v) is 6.88. The molecule has 1 N–H and O–H groups in total. The molecule has 0 atom stereocenters. The van der Waals surface area contributed by atoms with Crippen LogP contribution < -0.4 is 5.32 Å². The first kappa shape index (κ1) is 18.3. The van der Waals surface area contributed by atoms with E-state index in [1.54, 1.807) is 11.3 Å². The lowest BCUT2D eigenvalue weighted by molar-refractivity contribution is -0.129. The zero-order valence-electron chi connectivity index (χ0n) is 12.9. The van der Waals surface area contributed by atoms with Crippen molar-refractivity contribution in [3.63, 3.8) is 0 Å². The van der Waals surface area contributed by atoms with E-state index in [4.69, 9.17) is 23.2 Å². The normalized spacial score (nSPS) is 11.6. The summed E-state index contributed by atoms with van der Waals surface area (Å²) in [4.78, 5) is 5.37. The van der Waals surface area contributed by atoms with Gasteiger partial charge in [0, 0.05) is 4.88 Å². The lowest BCUT2D eigenvalue weighted by Crippen LogP contribution is -2.05. The molecular weight excluding hydrogens is 393 g/mol. The van der Waals surface area contributed by atoms with Gasteiger partial charge in [0.05, 0.1) is 13.2 Å². The zero-order valence-corrected chi connectivity index (χ0v) is 15.2. The quantitative estimate of drug-likeness (QED) is 0.541. The van der Waals surface area contributed by atoms with Crippen molar-refractivity contribution in [1.29, 1.82) is 0 Å². The third-order valence-corrected chi connectivity index (χ3v) is 4.90. The number of rotatable bonds is 8. The number of hydrogen-bond acceptors (Lipinski definition) is 5. The molecule has 0 radical (unpaired) electrons. The average Bonchev–Trinajstić information content (AvgIpc) is 3.19. The lowest BCUT2D eigenvalue weighted by Gasteiger charge is -2.06. The maximum atomic E-state index is 12.0. The van der Waals surface area contributed by atoms with Crippen molar-refractivity contribution in [1.82, 2.24) is 14.6 Å². The first-order valence-corrected chi connectivity index (χ1v) is 9.08. The first-order chi connectivity index (χ1) is 12.0. The van der Waals surface area contributed by atoms with Gasteiger partial charge in [0.15, 0.2) is 5.82 Å². The zero-order chi connectivity index (χ0) is 17.8. The van der Waals surface area contributed by atoms with Gasteiger partial charge in [0.1, 0.15) is 10.7 Å². The summed E-state index contributed by atoms with van der Waals surface area (Å²) in [6, 6.07) is 5.81. The van der Waals surface area contributed by atoms with Crippen molar-refractivity contribution in [2.45, 2.75) is 26.0 Å². The van der Waals surface area contributed by atoms with Crippen molar-refractivity contribution in [3.8, 4) is 0 Å². The Morgan fingerprint density at radius 1 is 1.36 bits per heavy atom. The maximum absolute atomic E-state index is 12.0. The molecule has 0 aliphatic rings. The van der Waals surface area contributed by atoms with E-state index in [9.17, 15) is 8.78 Å². The monoisotopic (exact) mass is 406 g/mol. The third kappa shape index (κ3) is 4.58. The van der Waals surface area contributed by atoms with E-state index >= 15 is 0 Å². The molecule has 3 aromatic heterocycles. The highest BCUT2D eigenvalue weighted by Gasteiger charge is 2.15. The summed E-state index contributed by atoms with van der Waals surface area (Å²) in [7, 11) is 0. The maximum Gasteiger partial charge on any atom is 0.345 e. The van der Waals surface area contributed by atoms with Crippen molar-refractivity contribution in [2.24, 2.45) is 0 Å². The smallest absolute Gasteiger partial charge is 0.345 e. The number of aryl methyl sites for hydroxylation is 1. The molecule has 0 fully saturated rings. The van der Waals surface area contributed by atoms with Crippen LogP contribution in [0.15, 0.2) is 23.6 Å². The summed E-state index contributed by atoms with van der Waals surface area (Å²) in [5, 5.41) is 9.77. The summed E-state index contributed by atoms with van der Waals surface area (Å²) < 4.78 is 29.8. The van der Waals surface area contributed by atoms with Crippen molar-refractivity contribution in [3.05, 3.63) is 44.5 Å². The van der Waals surface area contributed by atoms with Crippen LogP contribution in [0.25, 0.3) is 5.52 Å². The third-order valence-electron chi connectivity index (χ3n) is 3.46. The fourth-order valence-electron chi connectivity index (χ4n) is 2.37. The van der Waals surface area contributed by atoms with E-state index in [0.29, 0.717) is 35.9 Å². The fraction of sp³-hybridized carbons (Fsp3) is 0.333. The van der Waals surface area contributed by atoms with Gasteiger partial charge in [-0.05, 0) is 47.5 Å². The molecule has 0 bridgehead atoms. The van der Waals surface area contributed by atoms with Crippen LogP contribution in [0.2, 0.25) is 10.4 Å². The highest BCUT2D eigenvalue weighted by Crippen LogP contribution is 2.27. The molecule has 0 spiro atoms. The van der Waals surface area contributed by atoms with Gasteiger partial charge in [0.2, 0.25) is 5.28 Å². The SMILES string of the molecule is FC(F)OCCCc1cc2c(NCc3cccs3)nc(Cl)nn2c1Cl. The molecule has 10 heteroatoms. The van der Waals surface area contributed by atoms with Crippen molar-refractivity contribution >= 4 is 45.9 Å². The molecular formula is C15H14Cl2F2N4OS. The van der Waals surface area contributed by atoms with Gasteiger partial charge in [0.25, 0.3) is 0 Å². The molecule has 0 saturated heterocycles. The molecule has 0 saturated carbocycles. The van der Waals surface area contributed by atoms with E-state index in [2.05, 4.69) is 20.1 Å². The molecule has 0 aliphatic heterocycles. The molecule has 134 valence electrons. The Morgan fingerprint density at radius 3 is 2.92 bits per heavy atom. The van der Waals surface area contributed by atoms with Crippen LogP contribution >= 0.6 is 34.5 Å². The van der Waals surface area contributed by atoms with Gasteiger partial charge in [-0.3, -0.25) is 0 Å². The van der Waals surface area contributed by atoms with Gasteiger partial charge < -0.3 is 10.1 Å². The molecule has 0 unspecified atom stereocenters. The summed E-state index contributed by atoms with van der Waals surface area (Å²) in [6.45, 7) is -2.21. The fourth-order valence-corrected chi connectivity index (χ4v) is 3.46. The number of hydrogen-bond donors (Lipinski definition) is 1. The predicted octanol–water partition coefficient (Wildman–Crippen LogP) is 4.88. The standard InChI is InChI=1S/C15H14Cl2F2N4OS/c16-12-9(3-1-5-24-15(18)19)7-11-13(21-14(17)22-23(11)12)20-8-10-4-2-6-25-10/h2,4,6-7,15H,1,3,5,8H2,(H,20,21,22). The molecule has 0 aromatic carbocycles. The van der Waals surface area contributed by atoms with Crippen LogP contribution in [-0.2, 0) is 17.7 Å². The Hall–Kier alpha value is -1.48. The Labute approximate surface area is 156 Å². The van der Waals surface area contributed by atoms with Crippen LogP contribution in [0.4, 0.5) is 14.6 Å². The minimum absolute atomic E-state index is 0.0455. The molecule has 3 heterocycles. The van der Waals surface area contributed by atoms with E-state index in [-0.39, 0.29) is 11.9 Å². The molecule has 0 aliphatic carbocycles. The van der Waals surface area contributed by atoms with E-state index in [1.165, 1.54) is 4.52 Å². The van der Waals surface area contributed by atoms with E-state index in [0.717, 1.165) is 10.4 Å². The average molecular weight is 407 g/mol. The minimum Gasteiger partial charge on any atom is -0.363 e. The second-order valence-electron chi connectivity index (χ2n) is 5.15. The second kappa shape index (κ2) is 8.27. The van der Waals surface area contributed by atoms with Crippen LogP contribution in [0, 0.1) is 0 Å². The Bertz CT molecular complexity index is 842. The molecule has 0 amide bonds. The minimum atomic E-state index is -2.76. The molecule has 5 nitrogen and oxygen atoms in total. The number of ether oxygens (including phenoxy) is 1. The van der Waals surface area contributed by atoms with Crippen LogP contribution in [-0.4, -0.2) is 27.8 Å². The van der Waals surface area contributed by atoms with Crippen LogP contribution in [0.3, 0.4) is 0 Å². The summed E-state index contributed by atoms with van der Waals surface area (Å²) in [5.41, 5.74) is 1.45. The molecule has 3 rings (SSSR count). The van der Waals surface area contributed by atoms with E-state index in [1.807, 2.05) is 23.6 Å². The van der Waals surface area contributed by atoms with Crippen molar-refractivity contribution in [2.75, 3.05) is 11.9 Å². The lowest BCUT2D eigenvalue weighted by atomic mass is 10.2. The van der Waals surface area contributed by atoms with Gasteiger partial charge in [-0.25, -0.2) is 4.52 Å². The number of nitrogens with zero attached hydrogens (tertiary/aromatic N) is 3. The Balaban J connectivity index is 1.79. The Kier molecular flexibility index (Phi) is 6.06. The molecule has 3 aromatic rings. The summed E-state index contributed by atoms with van der Waals surface area (Å²) in [5.74, 6) is 0.561. The summed E-state index contributed by atoms with van der Waals surface area (Å²) in [6.07, 6.45) is 0.900. The van der Waals surface area contributed by atoms with Gasteiger partial charge >= 0.3 is 6.61 Å². The highest BCUT2D eigenvalue weighted by atomic mass is 35.5. The number of halogens is 4. The number of nitrogens with one attached hydrogen (secondary N) is 1. The number of aromatic nitrogens is 3. The number of fused-ring (bicyclic) bond motifs is 1. The van der Waals surface area contributed by atoms with E-state index < -0.39 is 6.61 Å².